The second-order valence-electron chi connectivity index (χ2n) is 5.97. The number of aromatic nitrogens is 3. The molecule has 1 fully saturated rings. The van der Waals surface area contributed by atoms with Crippen LogP contribution in [-0.4, -0.2) is 33.0 Å². The molecule has 0 saturated carbocycles. The molecule has 0 amide bonds. The normalized spacial score (nSPS) is 14.0. The molecule has 0 aliphatic carbocycles. The Hall–Kier alpha value is -3.14. The van der Waals surface area contributed by atoms with E-state index in [0.717, 1.165) is 24.2 Å². The van der Waals surface area contributed by atoms with Crippen molar-refractivity contribution in [3.63, 3.8) is 0 Å². The number of aromatic amines is 1. The third-order valence-corrected chi connectivity index (χ3v) is 4.04. The molecule has 1 aliphatic heterocycles. The van der Waals surface area contributed by atoms with E-state index in [4.69, 9.17) is 0 Å². The van der Waals surface area contributed by atoms with Gasteiger partial charge < -0.3 is 20.0 Å². The van der Waals surface area contributed by atoms with Crippen molar-refractivity contribution >= 4 is 11.6 Å². The van der Waals surface area contributed by atoms with Crippen molar-refractivity contribution in [1.29, 1.82) is 0 Å². The van der Waals surface area contributed by atoms with E-state index in [1.54, 1.807) is 6.92 Å². The van der Waals surface area contributed by atoms with Crippen LogP contribution in [0.2, 0.25) is 0 Å². The zero-order valence-electron chi connectivity index (χ0n) is 14.2. The highest BCUT2D eigenvalue weighted by Crippen LogP contribution is 2.28. The number of nitro groups is 1. The van der Waals surface area contributed by atoms with Crippen molar-refractivity contribution in [2.75, 3.05) is 18.0 Å². The molecule has 25 heavy (non-hydrogen) atoms. The molecular formula is C18H19N5O2. The van der Waals surface area contributed by atoms with Crippen LogP contribution in [0.4, 0.5) is 11.6 Å². The van der Waals surface area contributed by atoms with Gasteiger partial charge in [-0.1, -0.05) is 17.6 Å². The van der Waals surface area contributed by atoms with Crippen LogP contribution in [0.15, 0.2) is 29.8 Å². The summed E-state index contributed by atoms with van der Waals surface area (Å²) in [6, 6.07) is 5.77. The molecule has 3 rings (SSSR count). The fourth-order valence-electron chi connectivity index (χ4n) is 2.80. The van der Waals surface area contributed by atoms with Gasteiger partial charge in [0.2, 0.25) is 11.6 Å². The van der Waals surface area contributed by atoms with Crippen LogP contribution in [0.3, 0.4) is 0 Å². The van der Waals surface area contributed by atoms with Gasteiger partial charge >= 0.3 is 5.82 Å². The van der Waals surface area contributed by atoms with Crippen molar-refractivity contribution in [3.05, 3.63) is 57.2 Å². The lowest BCUT2D eigenvalue weighted by Gasteiger charge is -2.27. The highest BCUT2D eigenvalue weighted by atomic mass is 16.6. The Kier molecular flexibility index (Phi) is 4.80. The van der Waals surface area contributed by atoms with Crippen LogP contribution in [0.1, 0.15) is 30.1 Å². The molecule has 0 aromatic carbocycles. The Morgan fingerprint density at radius 2 is 2.04 bits per heavy atom. The number of H-pyrrole nitrogens is 1. The fraction of sp³-hybridized carbons (Fsp3) is 0.333. The number of pyridine rings is 1. The summed E-state index contributed by atoms with van der Waals surface area (Å²) >= 11 is 0. The number of hydrogen-bond donors (Lipinski definition) is 1. The van der Waals surface area contributed by atoms with Gasteiger partial charge in [-0.25, -0.2) is 4.98 Å². The largest absolute Gasteiger partial charge is 0.406 e. The number of anilines is 1. The maximum atomic E-state index is 11.1. The third-order valence-electron chi connectivity index (χ3n) is 4.04. The number of hydrogen-bond acceptors (Lipinski definition) is 5. The van der Waals surface area contributed by atoms with Crippen LogP contribution in [0.25, 0.3) is 0 Å². The lowest BCUT2D eigenvalue weighted by atomic mass is 10.0. The Balaban J connectivity index is 1.65. The average molecular weight is 337 g/mol. The van der Waals surface area contributed by atoms with E-state index >= 15 is 0 Å². The Labute approximate surface area is 146 Å². The lowest BCUT2D eigenvalue weighted by Crippen LogP contribution is -2.31. The minimum Gasteiger partial charge on any atom is -0.358 e. The molecule has 3 heterocycles. The van der Waals surface area contributed by atoms with Gasteiger partial charge in [0.25, 0.3) is 0 Å². The Morgan fingerprint density at radius 1 is 1.28 bits per heavy atom. The van der Waals surface area contributed by atoms with Gasteiger partial charge in [-0.05, 0) is 53.8 Å². The molecule has 1 saturated heterocycles. The number of rotatable bonds is 2. The summed E-state index contributed by atoms with van der Waals surface area (Å²) in [5.74, 6) is 7.06. The van der Waals surface area contributed by atoms with E-state index in [1.807, 2.05) is 36.1 Å². The van der Waals surface area contributed by atoms with E-state index in [2.05, 4.69) is 26.8 Å². The highest BCUT2D eigenvalue weighted by Gasteiger charge is 2.26. The van der Waals surface area contributed by atoms with Gasteiger partial charge in [0.15, 0.2) is 0 Å². The molecule has 7 heteroatoms. The summed E-state index contributed by atoms with van der Waals surface area (Å²) in [6.07, 6.45) is 3.59. The number of nitrogens with one attached hydrogen (secondary N) is 1. The van der Waals surface area contributed by atoms with Gasteiger partial charge in [0.1, 0.15) is 5.69 Å². The van der Waals surface area contributed by atoms with Gasteiger partial charge in [-0.15, -0.1) is 0 Å². The second-order valence-corrected chi connectivity index (χ2v) is 5.97. The van der Waals surface area contributed by atoms with Gasteiger partial charge in [0.05, 0.1) is 0 Å². The van der Waals surface area contributed by atoms with Crippen molar-refractivity contribution < 1.29 is 4.92 Å². The molecule has 1 aliphatic rings. The number of piperidine rings is 1. The highest BCUT2D eigenvalue weighted by molar-refractivity contribution is 5.55. The molecule has 0 spiro atoms. The zero-order valence-corrected chi connectivity index (χ0v) is 14.2. The number of aryl methyl sites for hydroxylation is 2. The summed E-state index contributed by atoms with van der Waals surface area (Å²) in [6.45, 7) is 5.08. The minimum absolute atomic E-state index is 0.102. The second kappa shape index (κ2) is 7.18. The van der Waals surface area contributed by atoms with Crippen molar-refractivity contribution in [3.8, 4) is 11.8 Å². The number of allylic oxidation sites excluding steroid dienone is 1. The Bertz CT molecular complexity index is 878. The topological polar surface area (TPSA) is 88.0 Å². The summed E-state index contributed by atoms with van der Waals surface area (Å²) in [4.78, 5) is 23.9. The molecule has 0 atom stereocenters. The SMILES string of the molecule is Cc1cccc(C#CC=C2CCN(c3[nH]c(C)nc3[N+](=O)[O-])CC2)n1. The number of nitrogens with zero attached hydrogens (tertiary/aromatic N) is 4. The molecule has 1 N–H and O–H groups in total. The van der Waals surface area contributed by atoms with Crippen molar-refractivity contribution in [1.82, 2.24) is 15.0 Å². The Morgan fingerprint density at radius 3 is 2.72 bits per heavy atom. The van der Waals surface area contributed by atoms with Gasteiger partial charge in [0, 0.05) is 25.7 Å². The van der Waals surface area contributed by atoms with Crippen LogP contribution in [-0.2, 0) is 0 Å². The average Bonchev–Trinajstić information content (AvgIpc) is 2.98. The number of imidazole rings is 1. The smallest absolute Gasteiger partial charge is 0.358 e. The predicted molar refractivity (Wildman–Crippen MR) is 95.4 cm³/mol. The van der Waals surface area contributed by atoms with E-state index in [1.165, 1.54) is 5.57 Å². The van der Waals surface area contributed by atoms with E-state index in [0.29, 0.717) is 24.7 Å². The van der Waals surface area contributed by atoms with E-state index in [-0.39, 0.29) is 5.82 Å². The van der Waals surface area contributed by atoms with E-state index in [9.17, 15) is 10.1 Å². The minimum atomic E-state index is -0.440. The third kappa shape index (κ3) is 4.04. The molecule has 0 bridgehead atoms. The standard InChI is InChI=1S/C18H19N5O2/c1-13-5-3-7-16(19-13)8-4-6-15-9-11-22(12-10-15)17-18(23(24)25)21-14(2)20-17/h3,5-7H,9-12H2,1-2H3,(H,20,21). The molecular weight excluding hydrogens is 318 g/mol. The molecule has 0 radical (unpaired) electrons. The summed E-state index contributed by atoms with van der Waals surface area (Å²) in [5.41, 5.74) is 2.96. The van der Waals surface area contributed by atoms with Crippen LogP contribution >= 0.6 is 0 Å². The maximum Gasteiger partial charge on any atom is 0.406 e. The van der Waals surface area contributed by atoms with Gasteiger partial charge in [-0.2, -0.15) is 0 Å². The van der Waals surface area contributed by atoms with Crippen molar-refractivity contribution in [2.24, 2.45) is 0 Å². The molecule has 128 valence electrons. The summed E-state index contributed by atoms with van der Waals surface area (Å²) in [7, 11) is 0. The summed E-state index contributed by atoms with van der Waals surface area (Å²) < 4.78 is 0. The molecule has 7 nitrogen and oxygen atoms in total. The fourth-order valence-corrected chi connectivity index (χ4v) is 2.80. The molecule has 2 aromatic rings. The first-order valence-corrected chi connectivity index (χ1v) is 8.12. The zero-order chi connectivity index (χ0) is 17.8. The first-order chi connectivity index (χ1) is 12.0. The van der Waals surface area contributed by atoms with Crippen LogP contribution in [0.5, 0.6) is 0 Å². The first-order valence-electron chi connectivity index (χ1n) is 8.12. The van der Waals surface area contributed by atoms with Crippen molar-refractivity contribution in [2.45, 2.75) is 26.7 Å². The van der Waals surface area contributed by atoms with Crippen LogP contribution < -0.4 is 4.90 Å². The summed E-state index contributed by atoms with van der Waals surface area (Å²) in [5, 5.41) is 11.1. The maximum absolute atomic E-state index is 11.1. The lowest BCUT2D eigenvalue weighted by molar-refractivity contribution is -0.388. The quantitative estimate of drug-likeness (QED) is 0.517. The predicted octanol–water partition coefficient (Wildman–Crippen LogP) is 2.91. The molecule has 0 unspecified atom stereocenters. The van der Waals surface area contributed by atoms with E-state index < -0.39 is 4.92 Å². The van der Waals surface area contributed by atoms with Crippen LogP contribution in [0, 0.1) is 35.8 Å². The molecule has 2 aromatic heterocycles. The van der Waals surface area contributed by atoms with Gasteiger partial charge in [-0.3, -0.25) is 0 Å². The first kappa shape index (κ1) is 16.7. The monoisotopic (exact) mass is 337 g/mol.